The van der Waals surface area contributed by atoms with Crippen molar-refractivity contribution in [1.82, 2.24) is 4.72 Å². The Hall–Kier alpha value is -1.44. The zero-order valence-corrected chi connectivity index (χ0v) is 10.8. The van der Waals surface area contributed by atoms with Gasteiger partial charge in [0, 0.05) is 0 Å². The fraction of sp³-hybridized carbons (Fsp3) is 0.364. The summed E-state index contributed by atoms with van der Waals surface area (Å²) in [5.41, 5.74) is 0.888. The van der Waals surface area contributed by atoms with E-state index in [-0.39, 0.29) is 4.90 Å². The van der Waals surface area contributed by atoms with Crippen LogP contribution in [-0.2, 0) is 14.8 Å². The zero-order chi connectivity index (χ0) is 13.9. The SMILES string of the molecule is Cc1ccc(S(=O)(=O)N[C@H](C(=O)O)C(C)O)cc1. The van der Waals surface area contributed by atoms with Crippen LogP contribution in [0.5, 0.6) is 0 Å². The number of hydrogen-bond acceptors (Lipinski definition) is 4. The number of carboxylic acids is 1. The Labute approximate surface area is 105 Å². The smallest absolute Gasteiger partial charge is 0.324 e. The lowest BCUT2D eigenvalue weighted by Crippen LogP contribution is -2.47. The Bertz CT molecular complexity index is 521. The molecule has 0 spiro atoms. The van der Waals surface area contributed by atoms with Crippen LogP contribution in [0.2, 0.25) is 0 Å². The van der Waals surface area contributed by atoms with Crippen molar-refractivity contribution in [2.24, 2.45) is 0 Å². The highest BCUT2D eigenvalue weighted by Crippen LogP contribution is 2.11. The molecule has 0 aliphatic rings. The van der Waals surface area contributed by atoms with Gasteiger partial charge in [0.2, 0.25) is 10.0 Å². The molecule has 0 saturated carbocycles. The van der Waals surface area contributed by atoms with Crippen LogP contribution in [0.3, 0.4) is 0 Å². The first kappa shape index (κ1) is 14.6. The van der Waals surface area contributed by atoms with Gasteiger partial charge in [-0.15, -0.1) is 0 Å². The van der Waals surface area contributed by atoms with Crippen molar-refractivity contribution in [1.29, 1.82) is 0 Å². The van der Waals surface area contributed by atoms with Crippen LogP contribution in [0.25, 0.3) is 0 Å². The van der Waals surface area contributed by atoms with Gasteiger partial charge in [-0.2, -0.15) is 4.72 Å². The van der Waals surface area contributed by atoms with Crippen molar-refractivity contribution in [2.75, 3.05) is 0 Å². The Balaban J connectivity index is 3.01. The van der Waals surface area contributed by atoms with Gasteiger partial charge in [-0.25, -0.2) is 8.42 Å². The predicted molar refractivity (Wildman–Crippen MR) is 64.6 cm³/mol. The minimum Gasteiger partial charge on any atom is -0.480 e. The molecular weight excluding hydrogens is 258 g/mol. The number of rotatable bonds is 5. The van der Waals surface area contributed by atoms with Crippen molar-refractivity contribution in [3.8, 4) is 0 Å². The standard InChI is InChI=1S/C11H15NO5S/c1-7-3-5-9(6-4-7)18(16,17)12-10(8(2)13)11(14)15/h3-6,8,10,12-13H,1-2H3,(H,14,15)/t8?,10-/m0/s1. The maximum Gasteiger partial charge on any atom is 0.324 e. The molecule has 0 fully saturated rings. The lowest BCUT2D eigenvalue weighted by Gasteiger charge is -2.17. The van der Waals surface area contributed by atoms with E-state index in [9.17, 15) is 18.3 Å². The van der Waals surface area contributed by atoms with Crippen molar-refractivity contribution < 1.29 is 23.4 Å². The average molecular weight is 273 g/mol. The van der Waals surface area contributed by atoms with E-state index < -0.39 is 28.1 Å². The number of aliphatic hydroxyl groups is 1. The topological polar surface area (TPSA) is 104 Å². The quantitative estimate of drug-likeness (QED) is 0.706. The number of aliphatic hydroxyl groups excluding tert-OH is 1. The number of sulfonamides is 1. The van der Waals surface area contributed by atoms with Crippen LogP contribution in [0.4, 0.5) is 0 Å². The number of carboxylic acid groups (broad SMARTS) is 1. The molecule has 100 valence electrons. The highest BCUT2D eigenvalue weighted by Gasteiger charge is 2.29. The van der Waals surface area contributed by atoms with Gasteiger partial charge in [-0.1, -0.05) is 17.7 Å². The van der Waals surface area contributed by atoms with Crippen LogP contribution >= 0.6 is 0 Å². The minimum absolute atomic E-state index is 0.0417. The van der Waals surface area contributed by atoms with E-state index in [2.05, 4.69) is 0 Å². The summed E-state index contributed by atoms with van der Waals surface area (Å²) < 4.78 is 25.7. The first-order valence-electron chi connectivity index (χ1n) is 5.24. The molecule has 1 rings (SSSR count). The summed E-state index contributed by atoms with van der Waals surface area (Å²) >= 11 is 0. The van der Waals surface area contributed by atoms with Crippen molar-refractivity contribution in [2.45, 2.75) is 30.9 Å². The zero-order valence-electron chi connectivity index (χ0n) is 9.99. The van der Waals surface area contributed by atoms with E-state index in [1.54, 1.807) is 19.1 Å². The fourth-order valence-electron chi connectivity index (χ4n) is 1.31. The summed E-state index contributed by atoms with van der Waals surface area (Å²) in [5.74, 6) is -1.43. The summed E-state index contributed by atoms with van der Waals surface area (Å²) in [6.07, 6.45) is -1.33. The molecule has 7 heteroatoms. The molecule has 1 aromatic carbocycles. The second-order valence-corrected chi connectivity index (χ2v) is 5.70. The van der Waals surface area contributed by atoms with Gasteiger partial charge in [-0.3, -0.25) is 4.79 Å². The van der Waals surface area contributed by atoms with Crippen LogP contribution < -0.4 is 4.72 Å². The molecule has 0 heterocycles. The molecule has 3 N–H and O–H groups in total. The lowest BCUT2D eigenvalue weighted by molar-refractivity contribution is -0.141. The summed E-state index contributed by atoms with van der Waals surface area (Å²) in [6, 6.07) is 4.38. The molecule has 1 unspecified atom stereocenters. The summed E-state index contributed by atoms with van der Waals surface area (Å²) in [6.45, 7) is 3.01. The largest absolute Gasteiger partial charge is 0.480 e. The highest BCUT2D eigenvalue weighted by atomic mass is 32.2. The molecule has 18 heavy (non-hydrogen) atoms. The van der Waals surface area contributed by atoms with Gasteiger partial charge in [0.15, 0.2) is 0 Å². The molecule has 0 radical (unpaired) electrons. The normalized spacial score (nSPS) is 15.1. The van der Waals surface area contributed by atoms with Crippen LogP contribution in [0.15, 0.2) is 29.2 Å². The van der Waals surface area contributed by atoms with E-state index in [0.29, 0.717) is 0 Å². The molecule has 0 aliphatic carbocycles. The van der Waals surface area contributed by atoms with Gasteiger partial charge >= 0.3 is 5.97 Å². The van der Waals surface area contributed by atoms with E-state index in [4.69, 9.17) is 5.11 Å². The minimum atomic E-state index is -3.96. The number of nitrogens with one attached hydrogen (secondary N) is 1. The molecule has 6 nitrogen and oxygen atoms in total. The maximum absolute atomic E-state index is 11.9. The van der Waals surface area contributed by atoms with Crippen LogP contribution in [-0.4, -0.2) is 36.7 Å². The Morgan fingerprint density at radius 1 is 1.28 bits per heavy atom. The third-order valence-corrected chi connectivity index (χ3v) is 3.82. The van der Waals surface area contributed by atoms with E-state index >= 15 is 0 Å². The Morgan fingerprint density at radius 3 is 2.17 bits per heavy atom. The Kier molecular flexibility index (Phi) is 4.44. The molecule has 1 aromatic rings. The maximum atomic E-state index is 11.9. The van der Waals surface area contributed by atoms with Crippen molar-refractivity contribution >= 4 is 16.0 Å². The number of aliphatic carboxylic acids is 1. The number of carbonyl (C=O) groups is 1. The highest BCUT2D eigenvalue weighted by molar-refractivity contribution is 7.89. The van der Waals surface area contributed by atoms with E-state index in [1.807, 2.05) is 4.72 Å². The first-order valence-corrected chi connectivity index (χ1v) is 6.72. The Morgan fingerprint density at radius 2 is 1.78 bits per heavy atom. The van der Waals surface area contributed by atoms with Gasteiger partial charge in [0.05, 0.1) is 11.0 Å². The van der Waals surface area contributed by atoms with Crippen molar-refractivity contribution in [3.05, 3.63) is 29.8 Å². The summed E-state index contributed by atoms with van der Waals surface area (Å²) in [4.78, 5) is 10.8. The number of aryl methyl sites for hydroxylation is 1. The molecule has 0 aromatic heterocycles. The fourth-order valence-corrected chi connectivity index (χ4v) is 2.57. The van der Waals surface area contributed by atoms with Crippen molar-refractivity contribution in [3.63, 3.8) is 0 Å². The third-order valence-electron chi connectivity index (χ3n) is 2.36. The molecule has 0 saturated heterocycles. The van der Waals surface area contributed by atoms with E-state index in [0.717, 1.165) is 5.56 Å². The average Bonchev–Trinajstić information content (AvgIpc) is 2.26. The van der Waals surface area contributed by atoms with Crippen LogP contribution in [0, 0.1) is 6.92 Å². The second kappa shape index (κ2) is 5.47. The molecule has 0 amide bonds. The number of benzene rings is 1. The predicted octanol–water partition coefficient (Wildman–Crippen LogP) is 0.107. The second-order valence-electron chi connectivity index (χ2n) is 3.99. The van der Waals surface area contributed by atoms with Gasteiger partial charge in [-0.05, 0) is 26.0 Å². The molecule has 2 atom stereocenters. The monoisotopic (exact) mass is 273 g/mol. The number of hydrogen-bond donors (Lipinski definition) is 3. The summed E-state index contributed by atoms with van der Waals surface area (Å²) in [7, 11) is -3.96. The van der Waals surface area contributed by atoms with Gasteiger partial charge in [0.1, 0.15) is 6.04 Å². The molecular formula is C11H15NO5S. The van der Waals surface area contributed by atoms with Gasteiger partial charge < -0.3 is 10.2 Å². The third kappa shape index (κ3) is 3.52. The van der Waals surface area contributed by atoms with Gasteiger partial charge in [0.25, 0.3) is 0 Å². The first-order chi connectivity index (χ1) is 8.24. The molecule has 0 aliphatic heterocycles. The molecule has 0 bridgehead atoms. The lowest BCUT2D eigenvalue weighted by atomic mass is 10.2. The van der Waals surface area contributed by atoms with Crippen LogP contribution in [0.1, 0.15) is 12.5 Å². The van der Waals surface area contributed by atoms with E-state index in [1.165, 1.54) is 19.1 Å². The summed E-state index contributed by atoms with van der Waals surface area (Å²) in [5, 5.41) is 18.0.